The Morgan fingerprint density at radius 2 is 1.95 bits per heavy atom. The van der Waals surface area contributed by atoms with E-state index in [1.165, 1.54) is 11.1 Å². The number of aryl methyl sites for hydroxylation is 3. The van der Waals surface area contributed by atoms with Gasteiger partial charge in [-0.15, -0.1) is 0 Å². The Hall–Kier alpha value is -1.88. The highest BCUT2D eigenvalue weighted by Crippen LogP contribution is 2.16. The molecular formula is C17H24N4S. The average molecular weight is 316 g/mol. The Balaban J connectivity index is 1.96. The van der Waals surface area contributed by atoms with Crippen molar-refractivity contribution < 1.29 is 0 Å². The van der Waals surface area contributed by atoms with E-state index in [-0.39, 0.29) is 6.04 Å². The highest BCUT2D eigenvalue weighted by Gasteiger charge is 2.13. The van der Waals surface area contributed by atoms with Crippen LogP contribution in [0.25, 0.3) is 0 Å². The zero-order chi connectivity index (χ0) is 16.1. The maximum absolute atomic E-state index is 5.40. The topological polar surface area (TPSA) is 41.9 Å². The van der Waals surface area contributed by atoms with Gasteiger partial charge in [0, 0.05) is 24.0 Å². The smallest absolute Gasteiger partial charge is 0.171 e. The lowest BCUT2D eigenvalue weighted by atomic mass is 10.1. The van der Waals surface area contributed by atoms with E-state index in [1.807, 2.05) is 11.6 Å². The summed E-state index contributed by atoms with van der Waals surface area (Å²) in [5, 5.41) is 11.6. The summed E-state index contributed by atoms with van der Waals surface area (Å²) in [6, 6.07) is 8.46. The fourth-order valence-corrected chi connectivity index (χ4v) is 2.68. The normalized spacial score (nSPS) is 12.0. The van der Waals surface area contributed by atoms with Crippen molar-refractivity contribution in [3.8, 4) is 0 Å². The van der Waals surface area contributed by atoms with Crippen LogP contribution in [0.2, 0.25) is 0 Å². The molecule has 0 aliphatic heterocycles. The minimum absolute atomic E-state index is 0.121. The number of nitrogens with one attached hydrogen (secondary N) is 2. The molecule has 0 radical (unpaired) electrons. The van der Waals surface area contributed by atoms with Gasteiger partial charge in [0.25, 0.3) is 0 Å². The second-order valence-corrected chi connectivity index (χ2v) is 5.80. The monoisotopic (exact) mass is 316 g/mol. The van der Waals surface area contributed by atoms with Gasteiger partial charge < -0.3 is 10.6 Å². The Bertz CT molecular complexity index is 631. The summed E-state index contributed by atoms with van der Waals surface area (Å²) in [5.41, 5.74) is 4.53. The molecular weight excluding hydrogens is 292 g/mol. The van der Waals surface area contributed by atoms with E-state index in [9.17, 15) is 0 Å². The van der Waals surface area contributed by atoms with Crippen LogP contribution >= 0.6 is 12.2 Å². The molecule has 0 saturated carbocycles. The summed E-state index contributed by atoms with van der Waals surface area (Å²) < 4.78 is 1.95. The predicted molar refractivity (Wildman–Crippen MR) is 96.2 cm³/mol. The Morgan fingerprint density at radius 1 is 1.27 bits per heavy atom. The number of nitrogens with zero attached hydrogens (tertiary/aromatic N) is 2. The molecule has 0 fully saturated rings. The van der Waals surface area contributed by atoms with E-state index in [1.54, 1.807) is 0 Å². The molecule has 0 spiro atoms. The third-order valence-electron chi connectivity index (χ3n) is 3.74. The Kier molecular flexibility index (Phi) is 5.55. The number of hydrogen-bond donors (Lipinski definition) is 2. The zero-order valence-corrected chi connectivity index (χ0v) is 14.5. The first kappa shape index (κ1) is 16.5. The van der Waals surface area contributed by atoms with Crippen molar-refractivity contribution in [1.29, 1.82) is 0 Å². The van der Waals surface area contributed by atoms with Gasteiger partial charge >= 0.3 is 0 Å². The summed E-state index contributed by atoms with van der Waals surface area (Å²) in [7, 11) is 0. The van der Waals surface area contributed by atoms with Gasteiger partial charge in [0.15, 0.2) is 5.11 Å². The van der Waals surface area contributed by atoms with Crippen LogP contribution in [0.1, 0.15) is 43.6 Å². The first-order valence-electron chi connectivity index (χ1n) is 7.73. The molecule has 118 valence electrons. The van der Waals surface area contributed by atoms with Gasteiger partial charge in [-0.3, -0.25) is 4.68 Å². The maximum atomic E-state index is 5.40. The molecule has 1 unspecified atom stereocenters. The number of hydrogen-bond acceptors (Lipinski definition) is 2. The molecule has 1 atom stereocenters. The van der Waals surface area contributed by atoms with Crippen LogP contribution in [-0.4, -0.2) is 14.9 Å². The molecule has 2 aromatic rings. The molecule has 5 heteroatoms. The summed E-state index contributed by atoms with van der Waals surface area (Å²) >= 11 is 5.40. The van der Waals surface area contributed by atoms with Crippen LogP contribution in [0.4, 0.5) is 5.69 Å². The van der Waals surface area contributed by atoms with Crippen LogP contribution in [0.3, 0.4) is 0 Å². The second-order valence-electron chi connectivity index (χ2n) is 5.40. The van der Waals surface area contributed by atoms with Crippen molar-refractivity contribution in [1.82, 2.24) is 15.1 Å². The van der Waals surface area contributed by atoms with E-state index in [0.29, 0.717) is 5.11 Å². The van der Waals surface area contributed by atoms with Gasteiger partial charge in [-0.25, -0.2) is 0 Å². The molecule has 0 saturated heterocycles. The third-order valence-corrected chi connectivity index (χ3v) is 3.96. The van der Waals surface area contributed by atoms with Crippen molar-refractivity contribution in [2.75, 3.05) is 5.32 Å². The molecule has 2 rings (SSSR count). The number of thiocarbonyl (C=S) groups is 1. The van der Waals surface area contributed by atoms with E-state index >= 15 is 0 Å². The molecule has 1 aromatic heterocycles. The van der Waals surface area contributed by atoms with Crippen LogP contribution in [0.5, 0.6) is 0 Å². The second kappa shape index (κ2) is 7.40. The molecule has 0 aliphatic carbocycles. The quantitative estimate of drug-likeness (QED) is 0.823. The molecule has 1 heterocycles. The maximum Gasteiger partial charge on any atom is 0.171 e. The molecule has 2 N–H and O–H groups in total. The van der Waals surface area contributed by atoms with Gasteiger partial charge in [0.05, 0.1) is 11.7 Å². The van der Waals surface area contributed by atoms with Crippen molar-refractivity contribution in [3.05, 3.63) is 47.3 Å². The molecule has 0 aliphatic rings. The van der Waals surface area contributed by atoms with Crippen LogP contribution < -0.4 is 10.6 Å². The molecule has 0 bridgehead atoms. The largest absolute Gasteiger partial charge is 0.356 e. The van der Waals surface area contributed by atoms with Crippen molar-refractivity contribution in [2.45, 2.75) is 46.7 Å². The van der Waals surface area contributed by atoms with Gasteiger partial charge in [-0.2, -0.15) is 5.10 Å². The Morgan fingerprint density at radius 3 is 2.50 bits per heavy atom. The van der Waals surface area contributed by atoms with E-state index in [4.69, 9.17) is 12.2 Å². The van der Waals surface area contributed by atoms with Crippen molar-refractivity contribution in [3.63, 3.8) is 0 Å². The lowest BCUT2D eigenvalue weighted by Crippen LogP contribution is -2.31. The lowest BCUT2D eigenvalue weighted by Gasteiger charge is -2.16. The fraction of sp³-hybridized carbons (Fsp3) is 0.412. The van der Waals surface area contributed by atoms with Crippen molar-refractivity contribution in [2.24, 2.45) is 0 Å². The lowest BCUT2D eigenvalue weighted by molar-refractivity contribution is 0.651. The highest BCUT2D eigenvalue weighted by atomic mass is 32.1. The van der Waals surface area contributed by atoms with Gasteiger partial charge in [-0.1, -0.05) is 19.1 Å². The van der Waals surface area contributed by atoms with Crippen LogP contribution in [-0.2, 0) is 13.0 Å². The predicted octanol–water partition coefficient (Wildman–Crippen LogP) is 3.82. The third kappa shape index (κ3) is 4.07. The SMILES string of the molecule is CCc1ccc(NC(=S)NC(C)c2cn(CC)nc2C)cc1. The van der Waals surface area contributed by atoms with E-state index < -0.39 is 0 Å². The Labute approximate surface area is 137 Å². The number of rotatable bonds is 5. The van der Waals surface area contributed by atoms with Gasteiger partial charge in [0.1, 0.15) is 0 Å². The molecule has 4 nitrogen and oxygen atoms in total. The van der Waals surface area contributed by atoms with E-state index in [2.05, 4.69) is 67.0 Å². The summed E-state index contributed by atoms with van der Waals surface area (Å²) in [6.45, 7) is 9.23. The average Bonchev–Trinajstić information content (AvgIpc) is 2.89. The van der Waals surface area contributed by atoms with Gasteiger partial charge in [-0.05, 0) is 57.1 Å². The van der Waals surface area contributed by atoms with Crippen LogP contribution in [0, 0.1) is 6.92 Å². The van der Waals surface area contributed by atoms with Crippen molar-refractivity contribution >= 4 is 23.0 Å². The first-order valence-corrected chi connectivity index (χ1v) is 8.14. The minimum atomic E-state index is 0.121. The molecule has 22 heavy (non-hydrogen) atoms. The molecule has 0 amide bonds. The fourth-order valence-electron chi connectivity index (χ4n) is 2.39. The number of anilines is 1. The standard InChI is InChI=1S/C17H24N4S/c1-5-14-7-9-15(10-8-14)19-17(22)18-12(3)16-11-21(6-2)20-13(16)4/h7-12H,5-6H2,1-4H3,(H2,18,19,22). The summed E-state index contributed by atoms with van der Waals surface area (Å²) in [6.07, 6.45) is 3.12. The van der Waals surface area contributed by atoms with E-state index in [0.717, 1.165) is 24.3 Å². The summed E-state index contributed by atoms with van der Waals surface area (Å²) in [5.74, 6) is 0. The van der Waals surface area contributed by atoms with Gasteiger partial charge in [0.2, 0.25) is 0 Å². The minimum Gasteiger partial charge on any atom is -0.356 e. The van der Waals surface area contributed by atoms with Crippen LogP contribution in [0.15, 0.2) is 30.5 Å². The highest BCUT2D eigenvalue weighted by molar-refractivity contribution is 7.80. The first-order chi connectivity index (χ1) is 10.5. The zero-order valence-electron chi connectivity index (χ0n) is 13.7. The summed E-state index contributed by atoms with van der Waals surface area (Å²) in [4.78, 5) is 0. The molecule has 1 aromatic carbocycles. The number of benzene rings is 1. The number of aromatic nitrogens is 2.